The topological polar surface area (TPSA) is 30.3 Å². The Kier molecular flexibility index (Phi) is 3.79. The molecule has 1 aliphatic rings. The molecular formula is C9H11ClF3N3S. The molecule has 1 heterocycles. The van der Waals surface area contributed by atoms with Crippen LogP contribution in [0.25, 0.3) is 0 Å². The number of nitriles is 1. The molecule has 0 unspecified atom stereocenters. The minimum atomic E-state index is -4.53. The van der Waals surface area contributed by atoms with Gasteiger partial charge in [-0.05, 0) is 13.8 Å². The first kappa shape index (κ1) is 14.3. The molecule has 96 valence electrons. The Morgan fingerprint density at radius 1 is 1.47 bits per heavy atom. The smallest absolute Gasteiger partial charge is 0.350 e. The van der Waals surface area contributed by atoms with Gasteiger partial charge in [0.05, 0.1) is 11.9 Å². The fraction of sp³-hybridized carbons (Fsp3) is 0.667. The summed E-state index contributed by atoms with van der Waals surface area (Å²) in [5, 5.41) is 8.90. The quantitative estimate of drug-likeness (QED) is 0.729. The van der Waals surface area contributed by atoms with Gasteiger partial charge in [-0.3, -0.25) is 4.42 Å². The van der Waals surface area contributed by atoms with E-state index in [-0.39, 0.29) is 10.9 Å². The summed E-state index contributed by atoms with van der Waals surface area (Å²) in [6.45, 7) is 3.09. The van der Waals surface area contributed by atoms with Gasteiger partial charge in [0.15, 0.2) is 5.70 Å². The number of rotatable bonds is 2. The van der Waals surface area contributed by atoms with Gasteiger partial charge in [0.1, 0.15) is 10.6 Å². The van der Waals surface area contributed by atoms with Crippen LogP contribution in [0.2, 0.25) is 0 Å². The van der Waals surface area contributed by atoms with Crippen LogP contribution in [0.4, 0.5) is 13.2 Å². The minimum absolute atomic E-state index is 0.0115. The minimum Gasteiger partial charge on any atom is -0.350 e. The number of hydrogen-bond acceptors (Lipinski definition) is 4. The molecule has 0 radical (unpaired) electrons. The number of halogens is 4. The SMILES string of the molecule is CN(C1=C(C(F)(F)F)N(Cl)CS1)C(C)(C)C#N. The molecule has 1 aliphatic heterocycles. The maximum absolute atomic E-state index is 12.8. The van der Waals surface area contributed by atoms with Crippen molar-refractivity contribution in [3.05, 3.63) is 10.7 Å². The second-order valence-electron chi connectivity index (χ2n) is 4.02. The summed E-state index contributed by atoms with van der Waals surface area (Å²) in [7, 11) is 1.45. The average Bonchev–Trinajstić information content (AvgIpc) is 2.58. The van der Waals surface area contributed by atoms with Crippen LogP contribution in [0.5, 0.6) is 0 Å². The van der Waals surface area contributed by atoms with E-state index >= 15 is 0 Å². The Bertz CT molecular complexity index is 386. The molecule has 0 aromatic carbocycles. The maximum Gasteiger partial charge on any atom is 0.434 e. The molecule has 0 aromatic heterocycles. The molecule has 0 saturated heterocycles. The van der Waals surface area contributed by atoms with Gasteiger partial charge >= 0.3 is 6.18 Å². The fourth-order valence-corrected chi connectivity index (χ4v) is 2.72. The molecule has 0 fully saturated rings. The van der Waals surface area contributed by atoms with E-state index in [9.17, 15) is 13.2 Å². The van der Waals surface area contributed by atoms with Crippen LogP contribution in [0, 0.1) is 11.3 Å². The van der Waals surface area contributed by atoms with Gasteiger partial charge in [-0.15, -0.1) is 0 Å². The molecule has 8 heteroatoms. The van der Waals surface area contributed by atoms with Crippen molar-refractivity contribution in [2.45, 2.75) is 25.6 Å². The molecule has 3 nitrogen and oxygen atoms in total. The van der Waals surface area contributed by atoms with E-state index < -0.39 is 17.4 Å². The zero-order valence-electron chi connectivity index (χ0n) is 9.47. The molecule has 17 heavy (non-hydrogen) atoms. The van der Waals surface area contributed by atoms with Crippen LogP contribution in [-0.4, -0.2) is 34.0 Å². The van der Waals surface area contributed by atoms with Crippen molar-refractivity contribution in [1.29, 1.82) is 5.26 Å². The predicted octanol–water partition coefficient (Wildman–Crippen LogP) is 3.11. The van der Waals surface area contributed by atoms with Crippen molar-refractivity contribution in [1.82, 2.24) is 9.32 Å². The standard InChI is InChI=1S/C9H11ClF3N3S/c1-8(2,4-14)15(3)7-6(9(11,12)13)16(10)5-17-7/h5H2,1-3H3. The summed E-state index contributed by atoms with van der Waals surface area (Å²) in [4.78, 5) is 1.29. The van der Waals surface area contributed by atoms with E-state index in [1.807, 2.05) is 6.07 Å². The van der Waals surface area contributed by atoms with Gasteiger partial charge in [-0.1, -0.05) is 11.8 Å². The molecule has 0 N–H and O–H groups in total. The third kappa shape index (κ3) is 2.75. The lowest BCUT2D eigenvalue weighted by molar-refractivity contribution is -0.104. The van der Waals surface area contributed by atoms with Crippen molar-refractivity contribution in [2.24, 2.45) is 0 Å². The highest BCUT2D eigenvalue weighted by Crippen LogP contribution is 2.44. The Balaban J connectivity index is 3.20. The fourth-order valence-electron chi connectivity index (χ4n) is 1.20. The molecule has 0 aliphatic carbocycles. The summed E-state index contributed by atoms with van der Waals surface area (Å²) in [5.41, 5.74) is -1.93. The van der Waals surface area contributed by atoms with E-state index in [4.69, 9.17) is 17.0 Å². The number of hydrogen-bond donors (Lipinski definition) is 0. The molecule has 1 rings (SSSR count). The lowest BCUT2D eigenvalue weighted by Gasteiger charge is -2.32. The molecule has 0 spiro atoms. The average molecular weight is 286 g/mol. The molecular weight excluding hydrogens is 275 g/mol. The van der Waals surface area contributed by atoms with Crippen LogP contribution < -0.4 is 0 Å². The highest BCUT2D eigenvalue weighted by atomic mass is 35.5. The number of nitrogens with zero attached hydrogens (tertiary/aromatic N) is 3. The zero-order chi connectivity index (χ0) is 13.4. The first-order valence-electron chi connectivity index (χ1n) is 4.64. The molecule has 0 aromatic rings. The second kappa shape index (κ2) is 4.50. The Hall–Kier alpha value is -0.740. The van der Waals surface area contributed by atoms with Crippen molar-refractivity contribution >= 4 is 23.5 Å². The van der Waals surface area contributed by atoms with Crippen LogP contribution >= 0.6 is 23.5 Å². The Labute approximate surface area is 107 Å². The number of thioether (sulfide) groups is 1. The van der Waals surface area contributed by atoms with Gasteiger partial charge in [0, 0.05) is 18.8 Å². The van der Waals surface area contributed by atoms with Crippen molar-refractivity contribution in [3.63, 3.8) is 0 Å². The maximum atomic E-state index is 12.8. The largest absolute Gasteiger partial charge is 0.434 e. The lowest BCUT2D eigenvalue weighted by Crippen LogP contribution is -2.39. The van der Waals surface area contributed by atoms with Crippen molar-refractivity contribution in [3.8, 4) is 6.07 Å². The third-order valence-electron chi connectivity index (χ3n) is 2.45. The van der Waals surface area contributed by atoms with E-state index in [2.05, 4.69) is 0 Å². The Morgan fingerprint density at radius 3 is 2.41 bits per heavy atom. The van der Waals surface area contributed by atoms with Crippen LogP contribution in [-0.2, 0) is 0 Å². The first-order valence-corrected chi connectivity index (χ1v) is 5.96. The zero-order valence-corrected chi connectivity index (χ0v) is 11.0. The first-order chi connectivity index (χ1) is 7.61. The highest BCUT2D eigenvalue weighted by molar-refractivity contribution is 8.03. The summed E-state index contributed by atoms with van der Waals surface area (Å²) >= 11 is 6.48. The Morgan fingerprint density at radius 2 is 2.00 bits per heavy atom. The summed E-state index contributed by atoms with van der Waals surface area (Å²) in [6, 6.07) is 1.95. The van der Waals surface area contributed by atoms with Crippen molar-refractivity contribution < 1.29 is 13.2 Å². The van der Waals surface area contributed by atoms with E-state index in [0.29, 0.717) is 4.42 Å². The monoisotopic (exact) mass is 285 g/mol. The number of allylic oxidation sites excluding steroid dienone is 1. The van der Waals surface area contributed by atoms with E-state index in [1.54, 1.807) is 13.8 Å². The highest BCUT2D eigenvalue weighted by Gasteiger charge is 2.46. The van der Waals surface area contributed by atoms with Gasteiger partial charge in [-0.2, -0.15) is 18.4 Å². The van der Waals surface area contributed by atoms with Crippen molar-refractivity contribution in [2.75, 3.05) is 12.9 Å². The van der Waals surface area contributed by atoms with Crippen LogP contribution in [0.3, 0.4) is 0 Å². The van der Waals surface area contributed by atoms with Gasteiger partial charge in [0.2, 0.25) is 0 Å². The normalized spacial score (nSPS) is 17.4. The van der Waals surface area contributed by atoms with Crippen LogP contribution in [0.1, 0.15) is 13.8 Å². The third-order valence-corrected chi connectivity index (χ3v) is 4.00. The summed E-state index contributed by atoms with van der Waals surface area (Å²) in [6.07, 6.45) is -4.53. The molecule has 0 atom stereocenters. The molecule has 0 saturated carbocycles. The van der Waals surface area contributed by atoms with Gasteiger partial charge in [-0.25, -0.2) is 0 Å². The van der Waals surface area contributed by atoms with Gasteiger partial charge < -0.3 is 4.90 Å². The molecule has 0 bridgehead atoms. The summed E-state index contributed by atoms with van der Waals surface area (Å²) in [5.74, 6) is 0.0115. The predicted molar refractivity (Wildman–Crippen MR) is 60.7 cm³/mol. The second-order valence-corrected chi connectivity index (χ2v) is 5.36. The summed E-state index contributed by atoms with van der Waals surface area (Å²) < 4.78 is 39.0. The van der Waals surface area contributed by atoms with Crippen LogP contribution in [0.15, 0.2) is 10.7 Å². The lowest BCUT2D eigenvalue weighted by atomic mass is 10.1. The van der Waals surface area contributed by atoms with E-state index in [0.717, 1.165) is 11.8 Å². The van der Waals surface area contributed by atoms with E-state index in [1.165, 1.54) is 11.9 Å². The van der Waals surface area contributed by atoms with Gasteiger partial charge in [0.25, 0.3) is 0 Å². The molecule has 0 amide bonds. The number of alkyl halides is 3.